The summed E-state index contributed by atoms with van der Waals surface area (Å²) in [5.41, 5.74) is 4.01. The van der Waals surface area contributed by atoms with E-state index < -0.39 is 0 Å². The normalized spacial score (nSPS) is 11.5. The molecule has 0 N–H and O–H groups in total. The van der Waals surface area contributed by atoms with Crippen LogP contribution in [0.5, 0.6) is 0 Å². The maximum atomic E-state index is 3.88. The van der Waals surface area contributed by atoms with Crippen molar-refractivity contribution in [2.24, 2.45) is 0 Å². The lowest BCUT2D eigenvalue weighted by Crippen LogP contribution is -1.86. The molecule has 0 unspecified atom stereocenters. The number of benzene rings is 1. The van der Waals surface area contributed by atoms with Gasteiger partial charge in [0, 0.05) is 0 Å². The highest BCUT2D eigenvalue weighted by atomic mass is 14.0. The zero-order valence-electron chi connectivity index (χ0n) is 9.79. The Morgan fingerprint density at radius 1 is 1.20 bits per heavy atom. The highest BCUT2D eigenvalue weighted by Crippen LogP contribution is 2.11. The van der Waals surface area contributed by atoms with E-state index in [4.69, 9.17) is 0 Å². The number of hydrogen-bond acceptors (Lipinski definition) is 0. The summed E-state index contributed by atoms with van der Waals surface area (Å²) in [5, 5.41) is 0. The average molecular weight is 200 g/mol. The molecule has 0 heterocycles. The monoisotopic (exact) mass is 200 g/mol. The van der Waals surface area contributed by atoms with E-state index in [0.717, 1.165) is 5.57 Å². The van der Waals surface area contributed by atoms with Gasteiger partial charge in [0.1, 0.15) is 0 Å². The first kappa shape index (κ1) is 11.8. The van der Waals surface area contributed by atoms with Crippen molar-refractivity contribution in [3.05, 3.63) is 59.7 Å². The van der Waals surface area contributed by atoms with Gasteiger partial charge in [-0.25, -0.2) is 0 Å². The first-order chi connectivity index (χ1) is 7.18. The maximum Gasteiger partial charge on any atom is -0.0276 e. The smallest absolute Gasteiger partial charge is 0.0276 e. The van der Waals surface area contributed by atoms with E-state index in [1.165, 1.54) is 30.4 Å². The van der Waals surface area contributed by atoms with E-state index in [0.29, 0.717) is 0 Å². The van der Waals surface area contributed by atoms with Gasteiger partial charge >= 0.3 is 0 Å². The molecule has 0 heteroatoms. The fourth-order valence-corrected chi connectivity index (χ4v) is 1.71. The Morgan fingerprint density at radius 2 is 1.87 bits per heavy atom. The maximum absolute atomic E-state index is 3.88. The van der Waals surface area contributed by atoms with Crippen LogP contribution in [0.4, 0.5) is 0 Å². The highest BCUT2D eigenvalue weighted by molar-refractivity contribution is 5.18. The van der Waals surface area contributed by atoms with Crippen molar-refractivity contribution in [1.29, 1.82) is 0 Å². The molecular weight excluding hydrogens is 180 g/mol. The molecule has 0 nitrogen and oxygen atoms in total. The molecule has 0 aliphatic carbocycles. The van der Waals surface area contributed by atoms with Crippen molar-refractivity contribution in [1.82, 2.24) is 0 Å². The van der Waals surface area contributed by atoms with Crippen LogP contribution in [-0.2, 0) is 6.42 Å². The van der Waals surface area contributed by atoms with Gasteiger partial charge < -0.3 is 0 Å². The Kier molecular flexibility index (Phi) is 4.89. The molecular formula is C15H20. The molecule has 0 spiro atoms. The molecule has 0 bridgehead atoms. The van der Waals surface area contributed by atoms with Gasteiger partial charge in [0.25, 0.3) is 0 Å². The number of allylic oxidation sites excluding steroid dienone is 3. The van der Waals surface area contributed by atoms with Crippen LogP contribution in [0, 0.1) is 0 Å². The lowest BCUT2D eigenvalue weighted by Gasteiger charge is -2.02. The Hall–Kier alpha value is -1.30. The Bertz CT molecular complexity index is 330. The minimum absolute atomic E-state index is 1.15. The van der Waals surface area contributed by atoms with Crippen LogP contribution in [0.25, 0.3) is 0 Å². The second-order valence-corrected chi connectivity index (χ2v) is 4.18. The molecule has 80 valence electrons. The number of rotatable bonds is 5. The summed E-state index contributed by atoms with van der Waals surface area (Å²) in [6, 6.07) is 10.7. The van der Waals surface area contributed by atoms with Crippen molar-refractivity contribution >= 4 is 0 Å². The summed E-state index contributed by atoms with van der Waals surface area (Å²) >= 11 is 0. The molecule has 1 aromatic rings. The van der Waals surface area contributed by atoms with E-state index >= 15 is 0 Å². The lowest BCUT2D eigenvalue weighted by molar-refractivity contribution is 0.811. The Morgan fingerprint density at radius 3 is 2.47 bits per heavy atom. The van der Waals surface area contributed by atoms with E-state index in [9.17, 15) is 0 Å². The van der Waals surface area contributed by atoms with Crippen molar-refractivity contribution < 1.29 is 0 Å². The molecule has 1 rings (SSSR count). The third-order valence-corrected chi connectivity index (χ3v) is 2.37. The average Bonchev–Trinajstić information content (AvgIpc) is 2.18. The summed E-state index contributed by atoms with van der Waals surface area (Å²) in [7, 11) is 0. The molecule has 0 aromatic heterocycles. The van der Waals surface area contributed by atoms with Crippen LogP contribution >= 0.6 is 0 Å². The van der Waals surface area contributed by atoms with Gasteiger partial charge in [-0.3, -0.25) is 0 Å². The summed E-state index contributed by atoms with van der Waals surface area (Å²) in [6.45, 7) is 8.11. The van der Waals surface area contributed by atoms with E-state index in [1.54, 1.807) is 0 Å². The van der Waals surface area contributed by atoms with E-state index in [2.05, 4.69) is 49.9 Å². The molecule has 15 heavy (non-hydrogen) atoms. The number of aryl methyl sites for hydroxylation is 1. The molecule has 0 aliphatic rings. The van der Waals surface area contributed by atoms with Gasteiger partial charge in [-0.15, -0.1) is 0 Å². The predicted molar refractivity (Wildman–Crippen MR) is 68.0 cm³/mol. The molecule has 0 radical (unpaired) electrons. The summed E-state index contributed by atoms with van der Waals surface area (Å²) in [5.74, 6) is 0. The first-order valence-electron chi connectivity index (χ1n) is 5.55. The van der Waals surface area contributed by atoms with Gasteiger partial charge in [-0.05, 0) is 38.7 Å². The Balaban J connectivity index is 2.31. The van der Waals surface area contributed by atoms with Crippen molar-refractivity contribution in [2.45, 2.75) is 33.1 Å². The van der Waals surface area contributed by atoms with Gasteiger partial charge in [0.05, 0.1) is 0 Å². The zero-order valence-corrected chi connectivity index (χ0v) is 9.79. The molecule has 0 amide bonds. The number of hydrogen-bond donors (Lipinski definition) is 0. The lowest BCUT2D eigenvalue weighted by atomic mass is 10.0. The quantitative estimate of drug-likeness (QED) is 0.612. The fourth-order valence-electron chi connectivity index (χ4n) is 1.71. The first-order valence-corrected chi connectivity index (χ1v) is 5.55. The SMILES string of the molecule is C=C(C)/C=C(\C)CCCc1ccccc1. The third kappa shape index (κ3) is 5.21. The van der Waals surface area contributed by atoms with Gasteiger partial charge in [-0.1, -0.05) is 54.1 Å². The zero-order chi connectivity index (χ0) is 11.1. The highest BCUT2D eigenvalue weighted by Gasteiger charge is 1.93. The van der Waals surface area contributed by atoms with Crippen LogP contribution < -0.4 is 0 Å². The second-order valence-electron chi connectivity index (χ2n) is 4.18. The predicted octanol–water partition coefficient (Wildman–Crippen LogP) is 4.53. The molecule has 1 aromatic carbocycles. The minimum atomic E-state index is 1.15. The van der Waals surface area contributed by atoms with Crippen molar-refractivity contribution in [3.63, 3.8) is 0 Å². The largest absolute Gasteiger partial charge is 0.0961 e. The summed E-state index contributed by atoms with van der Waals surface area (Å²) in [6.07, 6.45) is 5.73. The second kappa shape index (κ2) is 6.23. The molecule has 0 saturated heterocycles. The fraction of sp³-hybridized carbons (Fsp3) is 0.333. The van der Waals surface area contributed by atoms with Crippen molar-refractivity contribution in [2.75, 3.05) is 0 Å². The van der Waals surface area contributed by atoms with Crippen LogP contribution in [0.1, 0.15) is 32.3 Å². The van der Waals surface area contributed by atoms with Gasteiger partial charge in [-0.2, -0.15) is 0 Å². The molecule has 0 aliphatic heterocycles. The van der Waals surface area contributed by atoms with Gasteiger partial charge in [0.2, 0.25) is 0 Å². The van der Waals surface area contributed by atoms with E-state index in [1.807, 2.05) is 6.92 Å². The van der Waals surface area contributed by atoms with Crippen molar-refractivity contribution in [3.8, 4) is 0 Å². The summed E-state index contributed by atoms with van der Waals surface area (Å²) < 4.78 is 0. The van der Waals surface area contributed by atoms with Crippen LogP contribution in [-0.4, -0.2) is 0 Å². The minimum Gasteiger partial charge on any atom is -0.0961 e. The summed E-state index contributed by atoms with van der Waals surface area (Å²) in [4.78, 5) is 0. The van der Waals surface area contributed by atoms with Gasteiger partial charge in [0.15, 0.2) is 0 Å². The van der Waals surface area contributed by atoms with Crippen LogP contribution in [0.3, 0.4) is 0 Å². The molecule has 0 atom stereocenters. The standard InChI is InChI=1S/C15H20/c1-13(2)12-14(3)8-7-11-15-9-5-4-6-10-15/h4-6,9-10,12H,1,7-8,11H2,2-3H3/b14-12+. The van der Waals surface area contributed by atoms with Crippen LogP contribution in [0.15, 0.2) is 54.1 Å². The Labute approximate surface area is 93.3 Å². The topological polar surface area (TPSA) is 0 Å². The third-order valence-electron chi connectivity index (χ3n) is 2.37. The molecule has 0 saturated carbocycles. The molecule has 0 fully saturated rings. The van der Waals surface area contributed by atoms with E-state index in [-0.39, 0.29) is 0 Å². The van der Waals surface area contributed by atoms with Crippen LogP contribution in [0.2, 0.25) is 0 Å².